The summed E-state index contributed by atoms with van der Waals surface area (Å²) in [5, 5.41) is 5.33. The Morgan fingerprint density at radius 3 is 3.00 bits per heavy atom. The fourth-order valence-corrected chi connectivity index (χ4v) is 1.93. The van der Waals surface area contributed by atoms with Gasteiger partial charge in [-0.15, -0.1) is 0 Å². The van der Waals surface area contributed by atoms with Crippen LogP contribution in [0.1, 0.15) is 13.3 Å². The van der Waals surface area contributed by atoms with Gasteiger partial charge in [0, 0.05) is 11.1 Å². The molecule has 0 aliphatic carbocycles. The number of anilines is 1. The number of nitrogen functional groups attached to an aromatic ring is 1. The molecule has 0 saturated carbocycles. The molecule has 0 amide bonds. The van der Waals surface area contributed by atoms with Crippen LogP contribution in [0.25, 0.3) is 16.7 Å². The molecule has 0 aliphatic rings. The first-order valence-corrected chi connectivity index (χ1v) is 6.46. The van der Waals surface area contributed by atoms with Crippen molar-refractivity contribution in [2.45, 2.75) is 13.3 Å². The van der Waals surface area contributed by atoms with Gasteiger partial charge in [-0.3, -0.25) is 4.98 Å². The Labute approximate surface area is 116 Å². The topological polar surface area (TPSA) is 78.8 Å². The summed E-state index contributed by atoms with van der Waals surface area (Å²) in [5.74, 6) is 1.11. The van der Waals surface area contributed by atoms with E-state index >= 15 is 0 Å². The summed E-state index contributed by atoms with van der Waals surface area (Å²) in [6, 6.07) is 5.64. The van der Waals surface area contributed by atoms with Crippen LogP contribution in [0.4, 0.5) is 5.69 Å². The molecule has 2 N–H and O–H groups in total. The van der Waals surface area contributed by atoms with Crippen molar-refractivity contribution in [3.63, 3.8) is 0 Å². The van der Waals surface area contributed by atoms with Crippen molar-refractivity contribution < 1.29 is 4.74 Å². The van der Waals surface area contributed by atoms with Crippen molar-refractivity contribution in [1.82, 2.24) is 19.7 Å². The molecule has 2 aromatic heterocycles. The molecular formula is C14H15N5O. The molecule has 0 spiro atoms. The van der Waals surface area contributed by atoms with Crippen molar-refractivity contribution in [3.05, 3.63) is 36.8 Å². The van der Waals surface area contributed by atoms with Gasteiger partial charge in [-0.2, -0.15) is 10.1 Å². The van der Waals surface area contributed by atoms with E-state index in [0.29, 0.717) is 24.0 Å². The minimum Gasteiger partial charge on any atom is -0.477 e. The maximum Gasteiger partial charge on any atom is 0.234 e. The predicted octanol–water partition coefficient (Wildman–Crippen LogP) is 2.19. The zero-order valence-corrected chi connectivity index (χ0v) is 11.2. The van der Waals surface area contributed by atoms with Crippen LogP contribution in [0.3, 0.4) is 0 Å². The van der Waals surface area contributed by atoms with Crippen LogP contribution < -0.4 is 10.5 Å². The van der Waals surface area contributed by atoms with Gasteiger partial charge >= 0.3 is 0 Å². The van der Waals surface area contributed by atoms with E-state index in [1.807, 2.05) is 25.1 Å². The van der Waals surface area contributed by atoms with Crippen LogP contribution in [-0.2, 0) is 0 Å². The Kier molecular flexibility index (Phi) is 3.20. The van der Waals surface area contributed by atoms with Gasteiger partial charge in [0.2, 0.25) is 5.88 Å². The molecule has 0 unspecified atom stereocenters. The molecule has 0 saturated heterocycles. The van der Waals surface area contributed by atoms with E-state index in [0.717, 1.165) is 17.3 Å². The molecule has 0 aliphatic heterocycles. The second-order valence-electron chi connectivity index (χ2n) is 4.44. The third kappa shape index (κ3) is 2.27. The van der Waals surface area contributed by atoms with Crippen LogP contribution in [0.15, 0.2) is 36.8 Å². The lowest BCUT2D eigenvalue weighted by molar-refractivity contribution is 0.303. The number of hydrogen-bond acceptors (Lipinski definition) is 5. The van der Waals surface area contributed by atoms with Gasteiger partial charge in [0.15, 0.2) is 5.82 Å². The lowest BCUT2D eigenvalue weighted by Crippen LogP contribution is -2.04. The molecule has 0 bridgehead atoms. The number of aromatic nitrogens is 4. The van der Waals surface area contributed by atoms with Crippen LogP contribution in [0.2, 0.25) is 0 Å². The molecule has 0 fully saturated rings. The fraction of sp³-hybridized carbons (Fsp3) is 0.214. The third-order valence-electron chi connectivity index (χ3n) is 2.87. The lowest BCUT2D eigenvalue weighted by atomic mass is 10.2. The minimum absolute atomic E-state index is 0.497. The van der Waals surface area contributed by atoms with Gasteiger partial charge in [-0.1, -0.05) is 6.92 Å². The molecule has 2 heterocycles. The van der Waals surface area contributed by atoms with Crippen molar-refractivity contribution in [1.29, 1.82) is 0 Å². The number of rotatable bonds is 4. The number of ether oxygens (including phenoxy) is 1. The van der Waals surface area contributed by atoms with E-state index < -0.39 is 0 Å². The fourth-order valence-electron chi connectivity index (χ4n) is 1.93. The molecule has 102 valence electrons. The molecule has 0 atom stereocenters. The Morgan fingerprint density at radius 2 is 2.15 bits per heavy atom. The van der Waals surface area contributed by atoms with Crippen LogP contribution in [0, 0.1) is 0 Å². The Hall–Kier alpha value is -2.63. The summed E-state index contributed by atoms with van der Waals surface area (Å²) in [6.07, 6.45) is 5.94. The van der Waals surface area contributed by atoms with Crippen LogP contribution in [0.5, 0.6) is 5.88 Å². The van der Waals surface area contributed by atoms with Crippen LogP contribution in [-0.4, -0.2) is 26.4 Å². The van der Waals surface area contributed by atoms with Crippen LogP contribution >= 0.6 is 0 Å². The number of nitrogens with two attached hydrogens (primary N) is 1. The van der Waals surface area contributed by atoms with Gasteiger partial charge in [-0.25, -0.2) is 4.68 Å². The summed E-state index contributed by atoms with van der Waals surface area (Å²) in [5.41, 5.74) is 7.40. The van der Waals surface area contributed by atoms with Gasteiger partial charge in [0.25, 0.3) is 0 Å². The second kappa shape index (κ2) is 5.16. The van der Waals surface area contributed by atoms with E-state index in [2.05, 4.69) is 15.1 Å². The molecule has 6 heteroatoms. The molecule has 0 radical (unpaired) electrons. The highest BCUT2D eigenvalue weighted by Gasteiger charge is 2.08. The summed E-state index contributed by atoms with van der Waals surface area (Å²) in [4.78, 5) is 8.55. The number of hydrogen-bond donors (Lipinski definition) is 1. The van der Waals surface area contributed by atoms with Gasteiger partial charge in [-0.05, 0) is 24.6 Å². The SMILES string of the molecule is CCCOc1cncc(-n2ncc3ccc(N)cc32)n1. The molecular weight excluding hydrogens is 254 g/mol. The maximum atomic E-state index is 5.82. The second-order valence-corrected chi connectivity index (χ2v) is 4.44. The van der Waals surface area contributed by atoms with E-state index in [1.54, 1.807) is 23.3 Å². The first kappa shape index (κ1) is 12.4. The third-order valence-corrected chi connectivity index (χ3v) is 2.87. The lowest BCUT2D eigenvalue weighted by Gasteiger charge is -2.06. The van der Waals surface area contributed by atoms with E-state index in [9.17, 15) is 0 Å². The molecule has 1 aromatic carbocycles. The average molecular weight is 269 g/mol. The molecule has 20 heavy (non-hydrogen) atoms. The summed E-state index contributed by atoms with van der Waals surface area (Å²) < 4.78 is 7.20. The molecule has 3 aromatic rings. The normalized spacial score (nSPS) is 10.8. The quantitative estimate of drug-likeness (QED) is 0.734. The van der Waals surface area contributed by atoms with Crippen molar-refractivity contribution in [3.8, 4) is 11.7 Å². The summed E-state index contributed by atoms with van der Waals surface area (Å²) >= 11 is 0. The first-order chi connectivity index (χ1) is 9.78. The highest BCUT2D eigenvalue weighted by atomic mass is 16.5. The van der Waals surface area contributed by atoms with E-state index in [1.165, 1.54) is 0 Å². The zero-order valence-electron chi connectivity index (χ0n) is 11.2. The highest BCUT2D eigenvalue weighted by Crippen LogP contribution is 2.20. The van der Waals surface area contributed by atoms with Gasteiger partial charge in [0.05, 0.1) is 30.7 Å². The van der Waals surface area contributed by atoms with E-state index in [-0.39, 0.29) is 0 Å². The Bertz CT molecular complexity index is 737. The predicted molar refractivity (Wildman–Crippen MR) is 76.9 cm³/mol. The average Bonchev–Trinajstić information content (AvgIpc) is 2.88. The number of nitrogens with zero attached hydrogens (tertiary/aromatic N) is 4. The minimum atomic E-state index is 0.497. The molecule has 6 nitrogen and oxygen atoms in total. The first-order valence-electron chi connectivity index (χ1n) is 6.46. The largest absolute Gasteiger partial charge is 0.477 e. The summed E-state index contributed by atoms with van der Waals surface area (Å²) in [6.45, 7) is 2.66. The van der Waals surface area contributed by atoms with Gasteiger partial charge in [0.1, 0.15) is 0 Å². The Morgan fingerprint density at radius 1 is 1.25 bits per heavy atom. The monoisotopic (exact) mass is 269 g/mol. The van der Waals surface area contributed by atoms with E-state index in [4.69, 9.17) is 10.5 Å². The standard InChI is InChI=1S/C14H15N5O/c1-2-5-20-14-9-16-8-13(18-14)19-12-6-11(15)4-3-10(12)7-17-19/h3-4,6-9H,2,5,15H2,1H3. The van der Waals surface area contributed by atoms with Gasteiger partial charge < -0.3 is 10.5 Å². The van der Waals surface area contributed by atoms with Crippen molar-refractivity contribution in [2.75, 3.05) is 12.3 Å². The number of benzene rings is 1. The van der Waals surface area contributed by atoms with Crippen molar-refractivity contribution >= 4 is 16.6 Å². The van der Waals surface area contributed by atoms with Crippen molar-refractivity contribution in [2.24, 2.45) is 0 Å². The Balaban J connectivity index is 2.04. The smallest absolute Gasteiger partial charge is 0.234 e. The molecule has 3 rings (SSSR count). The number of fused-ring (bicyclic) bond motifs is 1. The zero-order chi connectivity index (χ0) is 13.9. The summed E-state index contributed by atoms with van der Waals surface area (Å²) in [7, 11) is 0. The highest BCUT2D eigenvalue weighted by molar-refractivity contribution is 5.83. The maximum absolute atomic E-state index is 5.82.